The van der Waals surface area contributed by atoms with Crippen LogP contribution in [0.3, 0.4) is 0 Å². The molecule has 0 bridgehead atoms. The molecule has 1 amide bonds. The van der Waals surface area contributed by atoms with Gasteiger partial charge in [0.05, 0.1) is 0 Å². The first-order chi connectivity index (χ1) is 4.95. The number of primary amides is 1. The van der Waals surface area contributed by atoms with Gasteiger partial charge in [0.2, 0.25) is 5.91 Å². The minimum atomic E-state index is -1.11. The predicted octanol–water partition coefficient (Wildman–Crippen LogP) is -1.09. The smallest absolute Gasteiger partial charge is 0.320 e. The van der Waals surface area contributed by atoms with E-state index in [9.17, 15) is 9.59 Å². The predicted molar refractivity (Wildman–Crippen MR) is 38.6 cm³/mol. The molecule has 0 aromatic carbocycles. The molecule has 5 nitrogen and oxygen atoms in total. The largest absolute Gasteiger partial charge is 0.480 e. The Bertz CT molecular complexity index is 151. The third-order valence-electron chi connectivity index (χ3n) is 1.41. The van der Waals surface area contributed by atoms with Gasteiger partial charge in [-0.2, -0.15) is 0 Å². The zero-order valence-corrected chi connectivity index (χ0v) is 6.28. The third kappa shape index (κ3) is 3.57. The van der Waals surface area contributed by atoms with Crippen molar-refractivity contribution in [1.82, 2.24) is 0 Å². The monoisotopic (exact) mass is 160 g/mol. The number of carboxylic acids is 1. The van der Waals surface area contributed by atoms with Crippen LogP contribution in [0.25, 0.3) is 0 Å². The average Bonchev–Trinajstić information content (AvgIpc) is 1.87. The molecule has 5 N–H and O–H groups in total. The van der Waals surface area contributed by atoms with Crippen LogP contribution in [-0.2, 0) is 9.59 Å². The summed E-state index contributed by atoms with van der Waals surface area (Å²) in [5.41, 5.74) is 10.0. The van der Waals surface area contributed by atoms with Gasteiger partial charge in [-0.1, -0.05) is 6.92 Å². The van der Waals surface area contributed by atoms with Crippen LogP contribution in [-0.4, -0.2) is 23.0 Å². The maximum absolute atomic E-state index is 10.4. The van der Waals surface area contributed by atoms with E-state index in [1.165, 1.54) is 0 Å². The Morgan fingerprint density at radius 1 is 1.55 bits per heavy atom. The van der Waals surface area contributed by atoms with Crippen LogP contribution in [0.1, 0.15) is 13.3 Å². The Kier molecular flexibility index (Phi) is 3.53. The van der Waals surface area contributed by atoms with Crippen molar-refractivity contribution in [2.45, 2.75) is 19.4 Å². The SMILES string of the molecule is CC(C[C@H](N)C(=O)O)C(N)=O. The maximum atomic E-state index is 10.4. The summed E-state index contributed by atoms with van der Waals surface area (Å²) in [5.74, 6) is -2.12. The van der Waals surface area contributed by atoms with E-state index in [0.717, 1.165) is 0 Å². The van der Waals surface area contributed by atoms with Crippen molar-refractivity contribution in [2.75, 3.05) is 0 Å². The van der Waals surface area contributed by atoms with Gasteiger partial charge < -0.3 is 16.6 Å². The number of aliphatic carboxylic acids is 1. The molecule has 0 heterocycles. The molecular formula is C6H12N2O3. The second-order valence-corrected chi connectivity index (χ2v) is 2.48. The van der Waals surface area contributed by atoms with Gasteiger partial charge in [-0.05, 0) is 6.42 Å². The lowest BCUT2D eigenvalue weighted by Gasteiger charge is -2.09. The van der Waals surface area contributed by atoms with Crippen molar-refractivity contribution < 1.29 is 14.7 Å². The van der Waals surface area contributed by atoms with Crippen molar-refractivity contribution >= 4 is 11.9 Å². The van der Waals surface area contributed by atoms with E-state index in [2.05, 4.69) is 0 Å². The van der Waals surface area contributed by atoms with E-state index in [0.29, 0.717) is 0 Å². The number of carbonyl (C=O) groups is 2. The topological polar surface area (TPSA) is 106 Å². The molecule has 0 saturated carbocycles. The molecule has 0 aromatic rings. The van der Waals surface area contributed by atoms with Gasteiger partial charge in [0.1, 0.15) is 6.04 Å². The molecule has 0 aromatic heterocycles. The lowest BCUT2D eigenvalue weighted by molar-refractivity contribution is -0.139. The van der Waals surface area contributed by atoms with Crippen LogP contribution in [0.5, 0.6) is 0 Å². The first-order valence-electron chi connectivity index (χ1n) is 3.23. The van der Waals surface area contributed by atoms with Crippen molar-refractivity contribution in [3.8, 4) is 0 Å². The normalized spacial score (nSPS) is 15.5. The molecule has 0 spiro atoms. The van der Waals surface area contributed by atoms with E-state index in [1.807, 2.05) is 0 Å². The molecule has 0 aliphatic rings. The van der Waals surface area contributed by atoms with Gasteiger partial charge in [0, 0.05) is 5.92 Å². The number of hydrogen-bond donors (Lipinski definition) is 3. The molecule has 0 saturated heterocycles. The van der Waals surface area contributed by atoms with Crippen molar-refractivity contribution in [2.24, 2.45) is 17.4 Å². The summed E-state index contributed by atoms with van der Waals surface area (Å²) >= 11 is 0. The molecule has 0 aliphatic carbocycles. The van der Waals surface area contributed by atoms with Gasteiger partial charge in [-0.25, -0.2) is 0 Å². The van der Waals surface area contributed by atoms with E-state index < -0.39 is 23.8 Å². The van der Waals surface area contributed by atoms with E-state index >= 15 is 0 Å². The summed E-state index contributed by atoms with van der Waals surface area (Å²) in [7, 11) is 0. The van der Waals surface area contributed by atoms with E-state index in [-0.39, 0.29) is 6.42 Å². The number of carboxylic acid groups (broad SMARTS) is 1. The Morgan fingerprint density at radius 2 is 2.00 bits per heavy atom. The van der Waals surface area contributed by atoms with Crippen LogP contribution in [0.4, 0.5) is 0 Å². The van der Waals surface area contributed by atoms with Crippen molar-refractivity contribution in [1.29, 1.82) is 0 Å². The molecular weight excluding hydrogens is 148 g/mol. The molecule has 0 rings (SSSR count). The molecule has 11 heavy (non-hydrogen) atoms. The minimum absolute atomic E-state index is 0.0880. The minimum Gasteiger partial charge on any atom is -0.480 e. The fourth-order valence-corrected chi connectivity index (χ4v) is 0.598. The molecule has 2 atom stereocenters. The van der Waals surface area contributed by atoms with Crippen LogP contribution >= 0.6 is 0 Å². The molecule has 64 valence electrons. The Hall–Kier alpha value is -1.10. The first kappa shape index (κ1) is 9.90. The van der Waals surface area contributed by atoms with Crippen LogP contribution in [0.15, 0.2) is 0 Å². The number of nitrogens with two attached hydrogens (primary N) is 2. The second kappa shape index (κ2) is 3.92. The quantitative estimate of drug-likeness (QED) is 0.485. The highest BCUT2D eigenvalue weighted by Gasteiger charge is 2.18. The maximum Gasteiger partial charge on any atom is 0.320 e. The van der Waals surface area contributed by atoms with Gasteiger partial charge >= 0.3 is 5.97 Å². The van der Waals surface area contributed by atoms with Gasteiger partial charge in [-0.3, -0.25) is 9.59 Å². The van der Waals surface area contributed by atoms with Crippen LogP contribution in [0, 0.1) is 5.92 Å². The van der Waals surface area contributed by atoms with Crippen LogP contribution < -0.4 is 11.5 Å². The average molecular weight is 160 g/mol. The van der Waals surface area contributed by atoms with E-state index in [4.69, 9.17) is 16.6 Å². The number of amides is 1. The lowest BCUT2D eigenvalue weighted by Crippen LogP contribution is -2.35. The third-order valence-corrected chi connectivity index (χ3v) is 1.41. The first-order valence-corrected chi connectivity index (χ1v) is 3.23. The Labute approximate surface area is 64.4 Å². The second-order valence-electron chi connectivity index (χ2n) is 2.48. The summed E-state index contributed by atoms with van der Waals surface area (Å²) in [6.45, 7) is 1.55. The summed E-state index contributed by atoms with van der Waals surface area (Å²) < 4.78 is 0. The zero-order chi connectivity index (χ0) is 9.02. The molecule has 5 heteroatoms. The van der Waals surface area contributed by atoms with Crippen molar-refractivity contribution in [3.05, 3.63) is 0 Å². The summed E-state index contributed by atoms with van der Waals surface area (Å²) in [6, 6.07) is -1.00. The number of rotatable bonds is 4. The summed E-state index contributed by atoms with van der Waals surface area (Å²) in [4.78, 5) is 20.6. The molecule has 1 unspecified atom stereocenters. The van der Waals surface area contributed by atoms with Crippen molar-refractivity contribution in [3.63, 3.8) is 0 Å². The fraction of sp³-hybridized carbons (Fsp3) is 0.667. The highest BCUT2D eigenvalue weighted by atomic mass is 16.4. The van der Waals surface area contributed by atoms with Crippen LogP contribution in [0.2, 0.25) is 0 Å². The van der Waals surface area contributed by atoms with Gasteiger partial charge in [-0.15, -0.1) is 0 Å². The molecule has 0 aliphatic heterocycles. The molecule has 0 fully saturated rings. The van der Waals surface area contributed by atoms with Gasteiger partial charge in [0.15, 0.2) is 0 Å². The fourth-order valence-electron chi connectivity index (χ4n) is 0.598. The zero-order valence-electron chi connectivity index (χ0n) is 6.28. The Balaban J connectivity index is 3.84. The number of hydrogen-bond acceptors (Lipinski definition) is 3. The molecule has 0 radical (unpaired) electrons. The van der Waals surface area contributed by atoms with Gasteiger partial charge in [0.25, 0.3) is 0 Å². The highest BCUT2D eigenvalue weighted by Crippen LogP contribution is 2.02. The summed E-state index contributed by atoms with van der Waals surface area (Å²) in [5, 5.41) is 8.34. The summed E-state index contributed by atoms with van der Waals surface area (Å²) in [6.07, 6.45) is 0.0880. The highest BCUT2D eigenvalue weighted by molar-refractivity contribution is 5.78. The lowest BCUT2D eigenvalue weighted by atomic mass is 10.0. The number of carbonyl (C=O) groups excluding carboxylic acids is 1. The Morgan fingerprint density at radius 3 is 2.27 bits per heavy atom. The van der Waals surface area contributed by atoms with E-state index in [1.54, 1.807) is 6.92 Å². The standard InChI is InChI=1S/C6H12N2O3/c1-3(5(8)9)2-4(7)6(10)11/h3-4H,2,7H2,1H3,(H2,8,9)(H,10,11)/t3?,4-/m0/s1.